The number of hydrogen-bond donors (Lipinski definition) is 1. The molecule has 0 saturated carbocycles. The number of carboxylic acid groups (broad SMARTS) is 1. The molecule has 1 aromatic carbocycles. The molecule has 0 amide bonds. The maximum atomic E-state index is 10.6. The van der Waals surface area contributed by atoms with E-state index < -0.39 is 5.97 Å². The lowest BCUT2D eigenvalue weighted by Gasteiger charge is -2.21. The minimum atomic E-state index is -0.771. The average Bonchev–Trinajstić information content (AvgIpc) is 2.15. The van der Waals surface area contributed by atoms with Gasteiger partial charge in [0.25, 0.3) is 0 Å². The number of carbonyl (C=O) groups is 1. The molecule has 0 aromatic heterocycles. The van der Waals surface area contributed by atoms with Crippen molar-refractivity contribution < 1.29 is 14.6 Å². The second-order valence-corrected chi connectivity index (χ2v) is 5.28. The molecule has 0 bridgehead atoms. The molecule has 0 saturated heterocycles. The molecule has 0 fully saturated rings. The van der Waals surface area contributed by atoms with E-state index in [1.165, 1.54) is 0 Å². The molecule has 0 aliphatic heterocycles. The van der Waals surface area contributed by atoms with Gasteiger partial charge in [-0.3, -0.25) is 4.79 Å². The summed E-state index contributed by atoms with van der Waals surface area (Å²) in [5.41, 5.74) is 0.808. The fraction of sp³-hybridized carbons (Fsp3) is 0.500. The van der Waals surface area contributed by atoms with Crippen LogP contribution in [-0.2, 0) is 4.79 Å². The number of hydrogen-bond acceptors (Lipinski definition) is 2. The summed E-state index contributed by atoms with van der Waals surface area (Å²) < 4.78 is 5.70. The van der Waals surface area contributed by atoms with Crippen LogP contribution in [0.1, 0.15) is 45.6 Å². The molecular formula is C14H20O3. The Hall–Kier alpha value is -1.51. The van der Waals surface area contributed by atoms with E-state index in [9.17, 15) is 4.79 Å². The third-order valence-electron chi connectivity index (χ3n) is 2.35. The van der Waals surface area contributed by atoms with E-state index >= 15 is 0 Å². The number of benzene rings is 1. The maximum absolute atomic E-state index is 10.6. The van der Waals surface area contributed by atoms with E-state index in [4.69, 9.17) is 9.84 Å². The maximum Gasteiger partial charge on any atom is 0.303 e. The van der Waals surface area contributed by atoms with Gasteiger partial charge in [0.05, 0.1) is 6.42 Å². The van der Waals surface area contributed by atoms with Crippen molar-refractivity contribution in [3.8, 4) is 5.75 Å². The Labute approximate surface area is 102 Å². The van der Waals surface area contributed by atoms with Crippen LogP contribution in [0.25, 0.3) is 0 Å². The highest BCUT2D eigenvalue weighted by molar-refractivity contribution is 5.67. The van der Waals surface area contributed by atoms with E-state index in [0.717, 1.165) is 11.3 Å². The second-order valence-electron chi connectivity index (χ2n) is 5.28. The summed E-state index contributed by atoms with van der Waals surface area (Å²) in [6.07, 6.45) is 0.152. The summed E-state index contributed by atoms with van der Waals surface area (Å²) in [6, 6.07) is 7.63. The van der Waals surface area contributed by atoms with Crippen molar-refractivity contribution in [1.29, 1.82) is 0 Å². The molecule has 1 N–H and O–H groups in total. The van der Waals surface area contributed by atoms with Gasteiger partial charge in [-0.05, 0) is 44.4 Å². The van der Waals surface area contributed by atoms with Crippen LogP contribution in [0.2, 0.25) is 0 Å². The topological polar surface area (TPSA) is 46.5 Å². The van der Waals surface area contributed by atoms with Crippen molar-refractivity contribution in [2.75, 3.05) is 0 Å². The lowest BCUT2D eigenvalue weighted by atomic mass is 9.98. The summed E-state index contributed by atoms with van der Waals surface area (Å²) in [6.45, 7) is 7.89. The lowest BCUT2D eigenvalue weighted by molar-refractivity contribution is -0.137. The highest BCUT2D eigenvalue weighted by atomic mass is 16.5. The van der Waals surface area contributed by atoms with E-state index in [1.54, 1.807) is 0 Å². The van der Waals surface area contributed by atoms with Crippen LogP contribution in [-0.4, -0.2) is 16.7 Å². The molecule has 3 heteroatoms. The largest absolute Gasteiger partial charge is 0.488 e. The van der Waals surface area contributed by atoms with Crippen LogP contribution < -0.4 is 4.74 Å². The highest BCUT2D eigenvalue weighted by Crippen LogP contribution is 2.23. The van der Waals surface area contributed by atoms with Crippen molar-refractivity contribution in [2.24, 2.45) is 0 Å². The third kappa shape index (κ3) is 4.89. The molecule has 0 aliphatic carbocycles. The van der Waals surface area contributed by atoms with Gasteiger partial charge in [0, 0.05) is 0 Å². The lowest BCUT2D eigenvalue weighted by Crippen LogP contribution is -2.22. The summed E-state index contributed by atoms with van der Waals surface area (Å²) in [5.74, 6) is 0.0625. The Morgan fingerprint density at radius 3 is 2.24 bits per heavy atom. The second kappa shape index (κ2) is 5.21. The van der Waals surface area contributed by atoms with Crippen LogP contribution in [0, 0.1) is 0 Å². The molecule has 0 aliphatic rings. The minimum absolute atomic E-state index is 0.0242. The van der Waals surface area contributed by atoms with Crippen LogP contribution in [0.15, 0.2) is 24.3 Å². The number of carboxylic acids is 1. The first kappa shape index (κ1) is 13.6. The smallest absolute Gasteiger partial charge is 0.303 e. The quantitative estimate of drug-likeness (QED) is 0.871. The fourth-order valence-electron chi connectivity index (χ4n) is 1.60. The standard InChI is InChI=1S/C14H20O3/c1-10(9-13(15)16)11-5-7-12(8-6-11)17-14(2,3)4/h5-8,10H,9H2,1-4H3,(H,15,16)/t10-/m1/s1. The first-order chi connectivity index (χ1) is 7.78. The summed E-state index contributed by atoms with van der Waals surface area (Å²) in [5, 5.41) is 8.73. The average molecular weight is 236 g/mol. The molecule has 94 valence electrons. The van der Waals surface area contributed by atoms with Crippen LogP contribution in [0.3, 0.4) is 0 Å². The van der Waals surface area contributed by atoms with Crippen LogP contribution in [0.4, 0.5) is 0 Å². The Bertz CT molecular complexity index is 373. The van der Waals surface area contributed by atoms with E-state index in [1.807, 2.05) is 52.0 Å². The summed E-state index contributed by atoms with van der Waals surface area (Å²) in [4.78, 5) is 10.6. The number of aliphatic carboxylic acids is 1. The van der Waals surface area contributed by atoms with Crippen molar-refractivity contribution >= 4 is 5.97 Å². The Morgan fingerprint density at radius 2 is 1.82 bits per heavy atom. The SMILES string of the molecule is C[C@H](CC(=O)O)c1ccc(OC(C)(C)C)cc1. The highest BCUT2D eigenvalue weighted by Gasteiger charge is 2.13. The molecule has 3 nitrogen and oxygen atoms in total. The molecule has 0 heterocycles. The van der Waals surface area contributed by atoms with Gasteiger partial charge in [-0.25, -0.2) is 0 Å². The van der Waals surface area contributed by atoms with Crippen LogP contribution in [0.5, 0.6) is 5.75 Å². The van der Waals surface area contributed by atoms with Crippen LogP contribution >= 0.6 is 0 Å². The van der Waals surface area contributed by atoms with E-state index in [-0.39, 0.29) is 17.9 Å². The molecule has 0 spiro atoms. The van der Waals surface area contributed by atoms with Gasteiger partial charge < -0.3 is 9.84 Å². The predicted octanol–water partition coefficient (Wildman–Crippen LogP) is 3.44. The molecule has 0 unspecified atom stereocenters. The van der Waals surface area contributed by atoms with Gasteiger partial charge in [0.15, 0.2) is 0 Å². The molecule has 1 aromatic rings. The van der Waals surface area contributed by atoms with Crippen molar-refractivity contribution in [3.05, 3.63) is 29.8 Å². The molecule has 17 heavy (non-hydrogen) atoms. The van der Waals surface area contributed by atoms with Gasteiger partial charge in [-0.2, -0.15) is 0 Å². The van der Waals surface area contributed by atoms with Gasteiger partial charge in [0.1, 0.15) is 11.4 Å². The van der Waals surface area contributed by atoms with Gasteiger partial charge in [0.2, 0.25) is 0 Å². The minimum Gasteiger partial charge on any atom is -0.488 e. The fourth-order valence-corrected chi connectivity index (χ4v) is 1.60. The van der Waals surface area contributed by atoms with Gasteiger partial charge >= 0.3 is 5.97 Å². The zero-order chi connectivity index (χ0) is 13.1. The zero-order valence-electron chi connectivity index (χ0n) is 10.9. The zero-order valence-corrected chi connectivity index (χ0v) is 10.9. The Morgan fingerprint density at radius 1 is 1.29 bits per heavy atom. The van der Waals surface area contributed by atoms with Crippen molar-refractivity contribution in [3.63, 3.8) is 0 Å². The van der Waals surface area contributed by atoms with E-state index in [0.29, 0.717) is 0 Å². The first-order valence-electron chi connectivity index (χ1n) is 5.79. The van der Waals surface area contributed by atoms with Gasteiger partial charge in [-0.1, -0.05) is 19.1 Å². The number of rotatable bonds is 4. The van der Waals surface area contributed by atoms with E-state index in [2.05, 4.69) is 0 Å². The van der Waals surface area contributed by atoms with Gasteiger partial charge in [-0.15, -0.1) is 0 Å². The molecule has 0 radical (unpaired) electrons. The molecular weight excluding hydrogens is 216 g/mol. The third-order valence-corrected chi connectivity index (χ3v) is 2.35. The Kier molecular flexibility index (Phi) is 4.16. The van der Waals surface area contributed by atoms with Crippen molar-refractivity contribution in [2.45, 2.75) is 45.6 Å². The monoisotopic (exact) mass is 236 g/mol. The molecule has 1 rings (SSSR count). The molecule has 1 atom stereocenters. The number of ether oxygens (including phenoxy) is 1. The normalized spacial score (nSPS) is 13.2. The Balaban J connectivity index is 2.71. The first-order valence-corrected chi connectivity index (χ1v) is 5.79. The van der Waals surface area contributed by atoms with Crippen molar-refractivity contribution in [1.82, 2.24) is 0 Å². The summed E-state index contributed by atoms with van der Waals surface area (Å²) >= 11 is 0. The summed E-state index contributed by atoms with van der Waals surface area (Å²) in [7, 11) is 0. The predicted molar refractivity (Wildman–Crippen MR) is 67.5 cm³/mol.